The largest absolute Gasteiger partial charge is 0.497 e. The fraction of sp³-hybridized carbons (Fsp3) is 0.333. The van der Waals surface area contributed by atoms with Crippen molar-refractivity contribution in [2.24, 2.45) is 0 Å². The number of anilines is 3. The van der Waals surface area contributed by atoms with Crippen LogP contribution in [0.4, 0.5) is 17.5 Å². The predicted octanol–water partition coefficient (Wildman–Crippen LogP) is 3.61. The summed E-state index contributed by atoms with van der Waals surface area (Å²) in [6.45, 7) is 5.96. The Kier molecular flexibility index (Phi) is 6.29. The zero-order valence-electron chi connectivity index (χ0n) is 12.7. The molecule has 0 radical (unpaired) electrons. The van der Waals surface area contributed by atoms with E-state index in [-0.39, 0.29) is 0 Å². The number of benzene rings is 1. The summed E-state index contributed by atoms with van der Waals surface area (Å²) >= 11 is 0. The van der Waals surface area contributed by atoms with Crippen LogP contribution in [0, 0.1) is 6.92 Å². The van der Waals surface area contributed by atoms with Gasteiger partial charge < -0.3 is 15.4 Å². The molecule has 0 aliphatic rings. The van der Waals surface area contributed by atoms with Gasteiger partial charge in [0.1, 0.15) is 11.6 Å². The quantitative estimate of drug-likeness (QED) is 0.892. The fourth-order valence-corrected chi connectivity index (χ4v) is 1.50. The van der Waals surface area contributed by atoms with E-state index in [1.165, 1.54) is 0 Å². The molecule has 2 aromatic rings. The van der Waals surface area contributed by atoms with Gasteiger partial charge in [-0.05, 0) is 31.2 Å². The van der Waals surface area contributed by atoms with Crippen molar-refractivity contribution in [3.63, 3.8) is 0 Å². The Morgan fingerprint density at radius 2 is 1.75 bits per heavy atom. The summed E-state index contributed by atoms with van der Waals surface area (Å²) < 4.78 is 5.12. The number of hydrogen-bond donors (Lipinski definition) is 2. The van der Waals surface area contributed by atoms with Gasteiger partial charge in [-0.15, -0.1) is 0 Å². The van der Waals surface area contributed by atoms with Crippen LogP contribution in [0.1, 0.15) is 19.4 Å². The molecule has 2 rings (SSSR count). The second kappa shape index (κ2) is 7.99. The fourth-order valence-electron chi connectivity index (χ4n) is 1.50. The van der Waals surface area contributed by atoms with Crippen LogP contribution < -0.4 is 15.4 Å². The van der Waals surface area contributed by atoms with Crippen LogP contribution in [-0.4, -0.2) is 24.1 Å². The SMILES string of the molecule is CC.CNc1ncc(C)c(Nc2ccc(OC)cc2)n1. The normalized spacial score (nSPS) is 9.25. The van der Waals surface area contributed by atoms with Gasteiger partial charge in [0.2, 0.25) is 5.95 Å². The van der Waals surface area contributed by atoms with E-state index in [1.807, 2.05) is 45.0 Å². The Labute approximate surface area is 120 Å². The van der Waals surface area contributed by atoms with Crippen LogP contribution in [0.15, 0.2) is 30.5 Å². The second-order valence-corrected chi connectivity index (χ2v) is 3.83. The van der Waals surface area contributed by atoms with Crippen molar-refractivity contribution in [1.82, 2.24) is 9.97 Å². The molecule has 0 atom stereocenters. The van der Waals surface area contributed by atoms with E-state index in [0.29, 0.717) is 5.95 Å². The molecule has 0 saturated carbocycles. The lowest BCUT2D eigenvalue weighted by molar-refractivity contribution is 0.415. The molecule has 0 unspecified atom stereocenters. The standard InChI is InChI=1S/C13H16N4O.C2H6/c1-9-8-15-13(14-2)17-12(9)16-10-4-6-11(18-3)7-5-10;1-2/h4-8H,1-3H3,(H2,14,15,16,17);1-2H3. The number of rotatable bonds is 4. The van der Waals surface area contributed by atoms with Gasteiger partial charge >= 0.3 is 0 Å². The van der Waals surface area contributed by atoms with Crippen LogP contribution in [0.2, 0.25) is 0 Å². The highest BCUT2D eigenvalue weighted by atomic mass is 16.5. The summed E-state index contributed by atoms with van der Waals surface area (Å²) in [6, 6.07) is 7.69. The first-order chi connectivity index (χ1) is 9.72. The second-order valence-electron chi connectivity index (χ2n) is 3.83. The third-order valence-corrected chi connectivity index (χ3v) is 2.55. The highest BCUT2D eigenvalue weighted by Gasteiger charge is 2.03. The Bertz CT molecular complexity index is 526. The molecule has 0 fully saturated rings. The Hall–Kier alpha value is -2.30. The number of aromatic nitrogens is 2. The minimum absolute atomic E-state index is 0.594. The summed E-state index contributed by atoms with van der Waals surface area (Å²) in [5.74, 6) is 2.21. The van der Waals surface area contributed by atoms with Gasteiger partial charge in [-0.3, -0.25) is 0 Å². The number of hydrogen-bond acceptors (Lipinski definition) is 5. The number of nitrogens with zero attached hydrogens (tertiary/aromatic N) is 2. The molecule has 0 amide bonds. The molecule has 0 spiro atoms. The first kappa shape index (κ1) is 15.8. The summed E-state index contributed by atoms with van der Waals surface area (Å²) in [6.07, 6.45) is 1.78. The molecule has 108 valence electrons. The van der Waals surface area contributed by atoms with Gasteiger partial charge in [-0.2, -0.15) is 4.98 Å². The smallest absolute Gasteiger partial charge is 0.224 e. The Morgan fingerprint density at radius 3 is 2.30 bits per heavy atom. The van der Waals surface area contributed by atoms with E-state index in [9.17, 15) is 0 Å². The molecule has 5 nitrogen and oxygen atoms in total. The molecule has 0 saturated heterocycles. The van der Waals surface area contributed by atoms with E-state index in [4.69, 9.17) is 4.74 Å². The van der Waals surface area contributed by atoms with Gasteiger partial charge in [-0.25, -0.2) is 4.98 Å². The highest BCUT2D eigenvalue weighted by Crippen LogP contribution is 2.21. The Morgan fingerprint density at radius 1 is 1.10 bits per heavy atom. The zero-order chi connectivity index (χ0) is 15.0. The van der Waals surface area contributed by atoms with Crippen LogP contribution in [0.25, 0.3) is 0 Å². The summed E-state index contributed by atoms with van der Waals surface area (Å²) in [5, 5.41) is 6.17. The van der Waals surface area contributed by atoms with Crippen molar-refractivity contribution in [2.75, 3.05) is 24.8 Å². The molecule has 1 aromatic heterocycles. The van der Waals surface area contributed by atoms with Gasteiger partial charge in [-0.1, -0.05) is 13.8 Å². The van der Waals surface area contributed by atoms with Crippen molar-refractivity contribution in [1.29, 1.82) is 0 Å². The van der Waals surface area contributed by atoms with E-state index in [1.54, 1.807) is 20.4 Å². The van der Waals surface area contributed by atoms with Gasteiger partial charge in [0.25, 0.3) is 0 Å². The predicted molar refractivity (Wildman–Crippen MR) is 83.9 cm³/mol. The number of methoxy groups -OCH3 is 1. The van der Waals surface area contributed by atoms with Crippen LogP contribution in [0.3, 0.4) is 0 Å². The zero-order valence-corrected chi connectivity index (χ0v) is 12.7. The lowest BCUT2D eigenvalue weighted by Crippen LogP contribution is -2.02. The minimum atomic E-state index is 0.594. The minimum Gasteiger partial charge on any atom is -0.497 e. The van der Waals surface area contributed by atoms with E-state index >= 15 is 0 Å². The number of nitrogens with one attached hydrogen (secondary N) is 2. The highest BCUT2D eigenvalue weighted by molar-refractivity contribution is 5.60. The third-order valence-electron chi connectivity index (χ3n) is 2.55. The topological polar surface area (TPSA) is 59.1 Å². The maximum Gasteiger partial charge on any atom is 0.224 e. The van der Waals surface area contributed by atoms with Crippen molar-refractivity contribution in [3.05, 3.63) is 36.0 Å². The molecule has 0 bridgehead atoms. The molecular formula is C15H22N4O. The molecule has 0 aliphatic heterocycles. The van der Waals surface area contributed by atoms with Gasteiger partial charge in [0.05, 0.1) is 7.11 Å². The number of ether oxygens (including phenoxy) is 1. The van der Waals surface area contributed by atoms with Crippen molar-refractivity contribution >= 4 is 17.5 Å². The molecule has 2 N–H and O–H groups in total. The summed E-state index contributed by atoms with van der Waals surface area (Å²) in [4.78, 5) is 8.51. The molecule has 0 aliphatic carbocycles. The number of aryl methyl sites for hydroxylation is 1. The van der Waals surface area contributed by atoms with E-state index in [2.05, 4.69) is 20.6 Å². The van der Waals surface area contributed by atoms with Crippen molar-refractivity contribution < 1.29 is 4.74 Å². The average Bonchev–Trinajstić information content (AvgIpc) is 2.52. The first-order valence-corrected chi connectivity index (χ1v) is 6.65. The maximum absolute atomic E-state index is 5.12. The molecule has 1 aromatic carbocycles. The van der Waals surface area contributed by atoms with Gasteiger partial charge in [0.15, 0.2) is 0 Å². The van der Waals surface area contributed by atoms with Crippen LogP contribution >= 0.6 is 0 Å². The monoisotopic (exact) mass is 274 g/mol. The van der Waals surface area contributed by atoms with Crippen molar-refractivity contribution in [3.8, 4) is 5.75 Å². The first-order valence-electron chi connectivity index (χ1n) is 6.65. The molecule has 5 heteroatoms. The van der Waals surface area contributed by atoms with Gasteiger partial charge in [0, 0.05) is 24.5 Å². The molecule has 1 heterocycles. The Balaban J connectivity index is 0.000000956. The summed E-state index contributed by atoms with van der Waals surface area (Å²) in [7, 11) is 3.44. The van der Waals surface area contributed by atoms with E-state index < -0.39 is 0 Å². The average molecular weight is 274 g/mol. The van der Waals surface area contributed by atoms with Crippen LogP contribution in [0.5, 0.6) is 5.75 Å². The molecule has 20 heavy (non-hydrogen) atoms. The van der Waals surface area contributed by atoms with Crippen LogP contribution in [-0.2, 0) is 0 Å². The third kappa shape index (κ3) is 4.12. The lowest BCUT2D eigenvalue weighted by Gasteiger charge is -2.10. The van der Waals surface area contributed by atoms with Crippen molar-refractivity contribution in [2.45, 2.75) is 20.8 Å². The lowest BCUT2D eigenvalue weighted by atomic mass is 10.3. The summed E-state index contributed by atoms with van der Waals surface area (Å²) in [5.41, 5.74) is 1.95. The molecular weight excluding hydrogens is 252 g/mol. The van der Waals surface area contributed by atoms with E-state index in [0.717, 1.165) is 22.8 Å². The maximum atomic E-state index is 5.12.